The van der Waals surface area contributed by atoms with Crippen LogP contribution in [0.25, 0.3) is 0 Å². The summed E-state index contributed by atoms with van der Waals surface area (Å²) >= 11 is 5.99. The van der Waals surface area contributed by atoms with E-state index in [2.05, 4.69) is 10.5 Å². The SMILES string of the molecule is O=C(COc1ccccc1)N/N=C/c1ccc(OC(=O)c2ccccc2Cl)cc1. The van der Waals surface area contributed by atoms with E-state index < -0.39 is 5.97 Å². The maximum atomic E-state index is 12.1. The van der Waals surface area contributed by atoms with Crippen molar-refractivity contribution in [3.63, 3.8) is 0 Å². The van der Waals surface area contributed by atoms with Gasteiger partial charge in [0.15, 0.2) is 6.61 Å². The van der Waals surface area contributed by atoms with Crippen molar-refractivity contribution in [3.8, 4) is 11.5 Å². The smallest absolute Gasteiger partial charge is 0.345 e. The van der Waals surface area contributed by atoms with E-state index in [9.17, 15) is 9.59 Å². The molecule has 0 unspecified atom stereocenters. The van der Waals surface area contributed by atoms with E-state index in [-0.39, 0.29) is 12.5 Å². The van der Waals surface area contributed by atoms with Gasteiger partial charge in [-0.1, -0.05) is 41.9 Å². The summed E-state index contributed by atoms with van der Waals surface area (Å²) in [6, 6.07) is 22.3. The topological polar surface area (TPSA) is 77.0 Å². The molecule has 0 aliphatic rings. The average molecular weight is 409 g/mol. The Kier molecular flexibility index (Phi) is 6.97. The molecule has 1 N–H and O–H groups in total. The molecule has 0 aliphatic carbocycles. The van der Waals surface area contributed by atoms with Crippen molar-refractivity contribution in [2.24, 2.45) is 5.10 Å². The number of ether oxygens (including phenoxy) is 2. The molecule has 0 fully saturated rings. The summed E-state index contributed by atoms with van der Waals surface area (Å²) in [4.78, 5) is 23.9. The van der Waals surface area contributed by atoms with Gasteiger partial charge < -0.3 is 9.47 Å². The van der Waals surface area contributed by atoms with Gasteiger partial charge in [-0.25, -0.2) is 10.2 Å². The number of amides is 1. The van der Waals surface area contributed by atoms with Crippen LogP contribution in [0.4, 0.5) is 0 Å². The van der Waals surface area contributed by atoms with Crippen LogP contribution in [-0.4, -0.2) is 24.7 Å². The molecule has 3 aromatic rings. The Hall–Kier alpha value is -3.64. The van der Waals surface area contributed by atoms with E-state index in [1.807, 2.05) is 18.2 Å². The molecule has 0 spiro atoms. The lowest BCUT2D eigenvalue weighted by Crippen LogP contribution is -2.24. The van der Waals surface area contributed by atoms with Gasteiger partial charge in [-0.2, -0.15) is 5.10 Å². The zero-order valence-corrected chi connectivity index (χ0v) is 16.0. The number of para-hydroxylation sites is 1. The van der Waals surface area contributed by atoms with Crippen molar-refractivity contribution < 1.29 is 19.1 Å². The molecule has 6 nitrogen and oxygen atoms in total. The van der Waals surface area contributed by atoms with Crippen LogP contribution in [0.3, 0.4) is 0 Å². The van der Waals surface area contributed by atoms with Gasteiger partial charge in [-0.15, -0.1) is 0 Å². The second kappa shape index (κ2) is 10.1. The van der Waals surface area contributed by atoms with E-state index in [0.29, 0.717) is 27.6 Å². The molecule has 0 aliphatic heterocycles. The normalized spacial score (nSPS) is 10.5. The maximum Gasteiger partial charge on any atom is 0.345 e. The molecule has 1 amide bonds. The van der Waals surface area contributed by atoms with Crippen molar-refractivity contribution in [3.05, 3.63) is 95.0 Å². The standard InChI is InChI=1S/C22H17ClN2O4/c23-20-9-5-4-8-19(20)22(27)29-18-12-10-16(11-13-18)14-24-25-21(26)15-28-17-6-2-1-3-7-17/h1-14H,15H2,(H,25,26)/b24-14+. The number of rotatable bonds is 7. The zero-order chi connectivity index (χ0) is 20.5. The van der Waals surface area contributed by atoms with Crippen LogP contribution < -0.4 is 14.9 Å². The Morgan fingerprint density at radius 1 is 0.897 bits per heavy atom. The predicted octanol–water partition coefficient (Wildman–Crippen LogP) is 4.09. The summed E-state index contributed by atoms with van der Waals surface area (Å²) in [5, 5.41) is 4.20. The van der Waals surface area contributed by atoms with Gasteiger partial charge in [0, 0.05) is 0 Å². The van der Waals surface area contributed by atoms with Crippen molar-refractivity contribution in [2.75, 3.05) is 6.61 Å². The first kappa shape index (κ1) is 20.1. The molecule has 0 heterocycles. The quantitative estimate of drug-likeness (QED) is 0.276. The van der Waals surface area contributed by atoms with Crippen molar-refractivity contribution >= 4 is 29.7 Å². The summed E-state index contributed by atoms with van der Waals surface area (Å²) in [6.45, 7) is -0.141. The first-order valence-electron chi connectivity index (χ1n) is 8.68. The van der Waals surface area contributed by atoms with Gasteiger partial charge in [-0.3, -0.25) is 4.79 Å². The molecular weight excluding hydrogens is 392 g/mol. The molecule has 7 heteroatoms. The van der Waals surface area contributed by atoms with Crippen molar-refractivity contribution in [2.45, 2.75) is 0 Å². The third-order valence-corrected chi connectivity index (χ3v) is 4.03. The van der Waals surface area contributed by atoms with Crippen LogP contribution in [0.1, 0.15) is 15.9 Å². The zero-order valence-electron chi connectivity index (χ0n) is 15.2. The largest absolute Gasteiger partial charge is 0.484 e. The summed E-state index contributed by atoms with van der Waals surface area (Å²) in [5.74, 6) is 0.0546. The molecule has 0 bridgehead atoms. The summed E-state index contributed by atoms with van der Waals surface area (Å²) in [5.41, 5.74) is 3.39. The fourth-order valence-electron chi connectivity index (χ4n) is 2.29. The Morgan fingerprint density at radius 2 is 1.59 bits per heavy atom. The van der Waals surface area contributed by atoms with Gasteiger partial charge in [0.2, 0.25) is 0 Å². The third kappa shape index (κ3) is 6.19. The Labute approximate surface area is 172 Å². The molecule has 0 atom stereocenters. The van der Waals surface area contributed by atoms with Crippen LogP contribution in [0.15, 0.2) is 84.0 Å². The summed E-state index contributed by atoms with van der Waals surface area (Å²) < 4.78 is 10.6. The molecule has 3 aromatic carbocycles. The summed E-state index contributed by atoms with van der Waals surface area (Å²) in [6.07, 6.45) is 1.47. The van der Waals surface area contributed by atoms with E-state index in [0.717, 1.165) is 0 Å². The molecule has 3 rings (SSSR count). The number of hydrazone groups is 1. The number of hydrogen-bond acceptors (Lipinski definition) is 5. The van der Waals surface area contributed by atoms with Gasteiger partial charge in [-0.05, 0) is 54.1 Å². The van der Waals surface area contributed by atoms with Crippen LogP contribution in [-0.2, 0) is 4.79 Å². The Balaban J connectivity index is 1.48. The van der Waals surface area contributed by atoms with E-state index >= 15 is 0 Å². The van der Waals surface area contributed by atoms with E-state index in [1.165, 1.54) is 6.21 Å². The summed E-state index contributed by atoms with van der Waals surface area (Å²) in [7, 11) is 0. The third-order valence-electron chi connectivity index (χ3n) is 3.70. The highest BCUT2D eigenvalue weighted by molar-refractivity contribution is 6.33. The minimum atomic E-state index is -0.539. The highest BCUT2D eigenvalue weighted by atomic mass is 35.5. The lowest BCUT2D eigenvalue weighted by Gasteiger charge is -2.06. The van der Waals surface area contributed by atoms with Gasteiger partial charge >= 0.3 is 5.97 Å². The second-order valence-electron chi connectivity index (χ2n) is 5.83. The average Bonchev–Trinajstić information content (AvgIpc) is 2.74. The Morgan fingerprint density at radius 3 is 2.31 bits per heavy atom. The predicted molar refractivity (Wildman–Crippen MR) is 111 cm³/mol. The number of benzene rings is 3. The highest BCUT2D eigenvalue weighted by Crippen LogP contribution is 2.18. The number of carbonyl (C=O) groups is 2. The number of nitrogens with one attached hydrogen (secondary N) is 1. The molecule has 0 saturated carbocycles. The second-order valence-corrected chi connectivity index (χ2v) is 6.24. The van der Waals surface area contributed by atoms with Crippen LogP contribution in [0.2, 0.25) is 5.02 Å². The van der Waals surface area contributed by atoms with E-state index in [4.69, 9.17) is 21.1 Å². The number of carbonyl (C=O) groups excluding carboxylic acids is 2. The van der Waals surface area contributed by atoms with Gasteiger partial charge in [0.1, 0.15) is 11.5 Å². The monoisotopic (exact) mass is 408 g/mol. The van der Waals surface area contributed by atoms with Gasteiger partial charge in [0.25, 0.3) is 5.91 Å². The van der Waals surface area contributed by atoms with Crippen LogP contribution in [0.5, 0.6) is 11.5 Å². The van der Waals surface area contributed by atoms with Crippen LogP contribution >= 0.6 is 11.6 Å². The molecular formula is C22H17ClN2O4. The molecule has 29 heavy (non-hydrogen) atoms. The molecule has 0 aromatic heterocycles. The van der Waals surface area contributed by atoms with Crippen molar-refractivity contribution in [1.82, 2.24) is 5.43 Å². The fraction of sp³-hybridized carbons (Fsp3) is 0.0455. The van der Waals surface area contributed by atoms with E-state index in [1.54, 1.807) is 60.7 Å². The molecule has 0 radical (unpaired) electrons. The lowest BCUT2D eigenvalue weighted by molar-refractivity contribution is -0.123. The minimum absolute atomic E-state index is 0.141. The van der Waals surface area contributed by atoms with Crippen molar-refractivity contribution in [1.29, 1.82) is 0 Å². The fourth-order valence-corrected chi connectivity index (χ4v) is 2.50. The minimum Gasteiger partial charge on any atom is -0.484 e. The first-order chi connectivity index (χ1) is 14.1. The Bertz CT molecular complexity index is 1000. The van der Waals surface area contributed by atoms with Crippen LogP contribution in [0, 0.1) is 0 Å². The highest BCUT2D eigenvalue weighted by Gasteiger charge is 2.11. The molecule has 0 saturated heterocycles. The number of nitrogens with zero attached hydrogens (tertiary/aromatic N) is 1. The number of hydrogen-bond donors (Lipinski definition) is 1. The van der Waals surface area contributed by atoms with Gasteiger partial charge in [0.05, 0.1) is 16.8 Å². The lowest BCUT2D eigenvalue weighted by atomic mass is 10.2. The molecule has 146 valence electrons. The first-order valence-corrected chi connectivity index (χ1v) is 9.06. The maximum absolute atomic E-state index is 12.1. The number of esters is 1. The number of halogens is 1.